The summed E-state index contributed by atoms with van der Waals surface area (Å²) in [6.45, 7) is 0. The van der Waals surface area contributed by atoms with Gasteiger partial charge in [-0.25, -0.2) is 5.43 Å². The number of hydrogen-bond donors (Lipinski definition) is 2. The van der Waals surface area contributed by atoms with Gasteiger partial charge in [-0.3, -0.25) is 19.7 Å². The maximum absolute atomic E-state index is 11.8. The average Bonchev–Trinajstić information content (AvgIpc) is 2.68. The van der Waals surface area contributed by atoms with E-state index in [1.807, 2.05) is 5.43 Å². The zero-order valence-electron chi connectivity index (χ0n) is 14.5. The van der Waals surface area contributed by atoms with Gasteiger partial charge in [-0.1, -0.05) is 23.7 Å². The molecule has 0 aliphatic heterocycles. The van der Waals surface area contributed by atoms with Crippen molar-refractivity contribution < 1.29 is 24.4 Å². The van der Waals surface area contributed by atoms with E-state index in [0.717, 1.165) is 6.21 Å². The summed E-state index contributed by atoms with van der Waals surface area (Å²) in [5.74, 6) is -3.47. The van der Waals surface area contributed by atoms with Crippen molar-refractivity contribution in [2.24, 2.45) is 5.10 Å². The molecule has 0 unspecified atom stereocenters. The SMILES string of the molecule is O=C(N/N=C\C(Cl)=C\c1ccc([N+](=O)[O-])cc1)C(=O)Nc1ccc(C(=O)[O-])cc1. The number of carbonyl (C=O) groups is 3. The Balaban J connectivity index is 1.89. The van der Waals surface area contributed by atoms with Crippen LogP contribution in [0.2, 0.25) is 0 Å². The number of hydrogen-bond acceptors (Lipinski definition) is 7. The normalized spacial score (nSPS) is 11.1. The largest absolute Gasteiger partial charge is 0.545 e. The van der Waals surface area contributed by atoms with E-state index < -0.39 is 22.7 Å². The number of carbonyl (C=O) groups excluding carboxylic acids is 3. The fourth-order valence-corrected chi connectivity index (χ4v) is 2.14. The van der Waals surface area contributed by atoms with Gasteiger partial charge in [0, 0.05) is 17.8 Å². The van der Waals surface area contributed by atoms with Crippen LogP contribution in [-0.4, -0.2) is 28.9 Å². The minimum atomic E-state index is -1.37. The molecule has 2 rings (SSSR count). The molecule has 0 fully saturated rings. The van der Waals surface area contributed by atoms with E-state index in [1.165, 1.54) is 54.6 Å². The van der Waals surface area contributed by atoms with Gasteiger partial charge in [0.1, 0.15) is 0 Å². The molecule has 0 aliphatic carbocycles. The molecule has 2 amide bonds. The summed E-state index contributed by atoms with van der Waals surface area (Å²) in [5.41, 5.74) is 2.60. The molecule has 0 aromatic heterocycles. The van der Waals surface area contributed by atoms with Crippen molar-refractivity contribution in [3.8, 4) is 0 Å². The molecule has 0 saturated heterocycles. The topological polar surface area (TPSA) is 154 Å². The van der Waals surface area contributed by atoms with Crippen molar-refractivity contribution in [1.29, 1.82) is 0 Å². The average molecular weight is 416 g/mol. The van der Waals surface area contributed by atoms with Crippen LogP contribution in [0.1, 0.15) is 15.9 Å². The van der Waals surface area contributed by atoms with Crippen molar-refractivity contribution >= 4 is 53.0 Å². The third-order valence-corrected chi connectivity index (χ3v) is 3.55. The maximum Gasteiger partial charge on any atom is 0.329 e. The molecule has 2 aromatic rings. The van der Waals surface area contributed by atoms with E-state index in [2.05, 4.69) is 10.4 Å². The number of non-ortho nitro benzene ring substituents is 1. The molecule has 2 N–H and O–H groups in total. The van der Waals surface area contributed by atoms with Gasteiger partial charge < -0.3 is 15.2 Å². The molecular formula is C18H12ClN4O6-. The third-order valence-electron chi connectivity index (χ3n) is 3.35. The van der Waals surface area contributed by atoms with Gasteiger partial charge in [0.05, 0.1) is 22.1 Å². The highest BCUT2D eigenvalue weighted by Gasteiger charge is 2.12. The Morgan fingerprint density at radius 2 is 1.62 bits per heavy atom. The van der Waals surface area contributed by atoms with Crippen LogP contribution in [-0.2, 0) is 9.59 Å². The predicted molar refractivity (Wildman–Crippen MR) is 103 cm³/mol. The highest BCUT2D eigenvalue weighted by molar-refractivity contribution is 6.42. The Hall–Kier alpha value is -4.05. The van der Waals surface area contributed by atoms with Crippen molar-refractivity contribution in [3.05, 3.63) is 74.8 Å². The van der Waals surface area contributed by atoms with E-state index in [4.69, 9.17) is 11.6 Å². The smallest absolute Gasteiger partial charge is 0.329 e. The standard InChI is InChI=1S/C18H13ClN4O6/c19-13(9-11-1-7-15(8-2-11)23(28)29)10-20-22-17(25)16(24)21-14-5-3-12(4-6-14)18(26)27/h1-10H,(H,21,24)(H,22,25)(H,26,27)/p-1/b13-9-,20-10-. The lowest BCUT2D eigenvalue weighted by Crippen LogP contribution is -2.32. The van der Waals surface area contributed by atoms with Crippen LogP contribution in [0, 0.1) is 10.1 Å². The summed E-state index contributed by atoms with van der Waals surface area (Å²) in [4.78, 5) is 44.2. The molecule has 0 aliphatic rings. The summed E-state index contributed by atoms with van der Waals surface area (Å²) in [6, 6.07) is 10.6. The number of nitrogens with zero attached hydrogens (tertiary/aromatic N) is 2. The van der Waals surface area contributed by atoms with Crippen molar-refractivity contribution in [3.63, 3.8) is 0 Å². The highest BCUT2D eigenvalue weighted by atomic mass is 35.5. The Bertz CT molecular complexity index is 1000. The number of hydrazone groups is 1. The number of nitro benzene ring substituents is 1. The summed E-state index contributed by atoms with van der Waals surface area (Å²) in [5, 5.41) is 27.1. The molecule has 148 valence electrons. The molecule has 0 saturated carbocycles. The first-order valence-corrected chi connectivity index (χ1v) is 8.21. The first-order chi connectivity index (χ1) is 13.8. The number of carboxylic acid groups (broad SMARTS) is 1. The minimum Gasteiger partial charge on any atom is -0.545 e. The minimum absolute atomic E-state index is 0.0699. The molecular weight excluding hydrogens is 404 g/mol. The zero-order chi connectivity index (χ0) is 21.4. The predicted octanol–water partition coefficient (Wildman–Crippen LogP) is 1.28. The summed E-state index contributed by atoms with van der Waals surface area (Å²) < 4.78 is 0. The van der Waals surface area contributed by atoms with Gasteiger partial charge >= 0.3 is 11.8 Å². The number of halogens is 1. The number of allylic oxidation sites excluding steroid dienone is 1. The summed E-state index contributed by atoms with van der Waals surface area (Å²) in [7, 11) is 0. The van der Waals surface area contributed by atoms with Crippen molar-refractivity contribution in [1.82, 2.24) is 5.43 Å². The van der Waals surface area contributed by atoms with Gasteiger partial charge in [-0.2, -0.15) is 5.10 Å². The first kappa shape index (κ1) is 21.3. The van der Waals surface area contributed by atoms with E-state index in [-0.39, 0.29) is 22.0 Å². The lowest BCUT2D eigenvalue weighted by Gasteiger charge is -2.06. The Morgan fingerprint density at radius 3 is 2.17 bits per heavy atom. The van der Waals surface area contributed by atoms with Gasteiger partial charge in [0.15, 0.2) is 0 Å². The number of rotatable bonds is 6. The summed E-state index contributed by atoms with van der Waals surface area (Å²) in [6.07, 6.45) is 2.52. The highest BCUT2D eigenvalue weighted by Crippen LogP contribution is 2.15. The summed E-state index contributed by atoms with van der Waals surface area (Å²) >= 11 is 5.92. The van der Waals surface area contributed by atoms with E-state index in [9.17, 15) is 29.6 Å². The number of nitrogens with one attached hydrogen (secondary N) is 2. The second kappa shape index (κ2) is 9.76. The quantitative estimate of drug-likeness (QED) is 0.313. The molecule has 0 atom stereocenters. The van der Waals surface area contributed by atoms with Crippen molar-refractivity contribution in [2.75, 3.05) is 5.32 Å². The van der Waals surface area contributed by atoms with Crippen molar-refractivity contribution in [2.45, 2.75) is 0 Å². The van der Waals surface area contributed by atoms with Crippen LogP contribution in [0.4, 0.5) is 11.4 Å². The molecule has 10 nitrogen and oxygen atoms in total. The lowest BCUT2D eigenvalue weighted by molar-refractivity contribution is -0.384. The van der Waals surface area contributed by atoms with Crippen LogP contribution in [0.25, 0.3) is 6.08 Å². The number of aromatic carboxylic acids is 1. The number of benzene rings is 2. The van der Waals surface area contributed by atoms with Gasteiger partial charge in [-0.15, -0.1) is 0 Å². The van der Waals surface area contributed by atoms with Crippen LogP contribution >= 0.6 is 11.6 Å². The Labute approximate surface area is 168 Å². The van der Waals surface area contributed by atoms with Crippen LogP contribution < -0.4 is 15.8 Å². The molecule has 0 heterocycles. The molecule has 0 radical (unpaired) electrons. The molecule has 0 bridgehead atoms. The fourth-order valence-electron chi connectivity index (χ4n) is 1.97. The third kappa shape index (κ3) is 6.56. The monoisotopic (exact) mass is 415 g/mol. The fraction of sp³-hybridized carbons (Fsp3) is 0. The van der Waals surface area contributed by atoms with E-state index in [0.29, 0.717) is 5.56 Å². The van der Waals surface area contributed by atoms with Gasteiger partial charge in [0.25, 0.3) is 5.69 Å². The molecule has 11 heteroatoms. The number of nitro groups is 1. The Morgan fingerprint density at radius 1 is 1.00 bits per heavy atom. The number of anilines is 1. The zero-order valence-corrected chi connectivity index (χ0v) is 15.3. The van der Waals surface area contributed by atoms with Crippen LogP contribution in [0.5, 0.6) is 0 Å². The Kier molecular flexibility index (Phi) is 7.15. The van der Waals surface area contributed by atoms with Crippen LogP contribution in [0.3, 0.4) is 0 Å². The molecule has 29 heavy (non-hydrogen) atoms. The number of carboxylic acids is 1. The first-order valence-electron chi connectivity index (χ1n) is 7.83. The second-order valence-electron chi connectivity index (χ2n) is 5.40. The lowest BCUT2D eigenvalue weighted by atomic mass is 10.2. The second-order valence-corrected chi connectivity index (χ2v) is 5.83. The van der Waals surface area contributed by atoms with E-state index >= 15 is 0 Å². The number of amides is 2. The van der Waals surface area contributed by atoms with E-state index in [1.54, 1.807) is 0 Å². The molecule has 2 aromatic carbocycles. The van der Waals surface area contributed by atoms with Gasteiger partial charge in [-0.05, 0) is 41.5 Å². The van der Waals surface area contributed by atoms with Crippen LogP contribution in [0.15, 0.2) is 58.7 Å². The molecule has 0 spiro atoms. The van der Waals surface area contributed by atoms with Gasteiger partial charge in [0.2, 0.25) is 0 Å². The maximum atomic E-state index is 11.8.